The molecule has 0 atom stereocenters. The molecule has 2 aliphatic rings. The maximum absolute atomic E-state index is 12.6. The summed E-state index contributed by atoms with van der Waals surface area (Å²) >= 11 is 0. The summed E-state index contributed by atoms with van der Waals surface area (Å²) in [6.45, 7) is 2.83. The first-order valence-corrected chi connectivity index (χ1v) is 10.4. The Labute approximate surface area is 153 Å². The summed E-state index contributed by atoms with van der Waals surface area (Å²) in [5.74, 6) is 0.0297. The third kappa shape index (κ3) is 3.34. The fourth-order valence-electron chi connectivity index (χ4n) is 3.63. The zero-order chi connectivity index (χ0) is 18.1. The molecule has 0 unspecified atom stereocenters. The Morgan fingerprint density at radius 1 is 1.04 bits per heavy atom. The van der Waals surface area contributed by atoms with Crippen LogP contribution in [0.2, 0.25) is 0 Å². The molecule has 8 nitrogen and oxygen atoms in total. The number of carbonyl (C=O) groups is 1. The van der Waals surface area contributed by atoms with Crippen LogP contribution < -0.4 is 0 Å². The van der Waals surface area contributed by atoms with Gasteiger partial charge in [0.05, 0.1) is 23.8 Å². The van der Waals surface area contributed by atoms with Gasteiger partial charge in [0, 0.05) is 39.3 Å². The predicted molar refractivity (Wildman–Crippen MR) is 97.7 cm³/mol. The van der Waals surface area contributed by atoms with E-state index < -0.39 is 10.2 Å². The third-order valence-corrected chi connectivity index (χ3v) is 7.18. The van der Waals surface area contributed by atoms with Crippen molar-refractivity contribution in [2.45, 2.75) is 19.3 Å². The molecular weight excluding hydrogens is 354 g/mol. The first kappa shape index (κ1) is 17.4. The monoisotopic (exact) mass is 377 g/mol. The van der Waals surface area contributed by atoms with Crippen molar-refractivity contribution in [1.29, 1.82) is 0 Å². The normalized spacial score (nSPS) is 20.1. The number of amides is 1. The van der Waals surface area contributed by atoms with Crippen LogP contribution in [0.4, 0.5) is 0 Å². The van der Waals surface area contributed by atoms with Gasteiger partial charge in [-0.15, -0.1) is 0 Å². The van der Waals surface area contributed by atoms with Gasteiger partial charge in [-0.25, -0.2) is 4.98 Å². The molecule has 2 aromatic rings. The Balaban J connectivity index is 1.35. The van der Waals surface area contributed by atoms with E-state index in [9.17, 15) is 13.2 Å². The highest BCUT2D eigenvalue weighted by Crippen LogP contribution is 2.19. The summed E-state index contributed by atoms with van der Waals surface area (Å²) in [5.41, 5.74) is 2.72. The summed E-state index contributed by atoms with van der Waals surface area (Å²) in [7, 11) is -3.37. The maximum atomic E-state index is 12.6. The van der Waals surface area contributed by atoms with Gasteiger partial charge >= 0.3 is 0 Å². The van der Waals surface area contributed by atoms with E-state index in [1.54, 1.807) is 15.5 Å². The summed E-state index contributed by atoms with van der Waals surface area (Å²) in [5, 5.41) is 0. The van der Waals surface area contributed by atoms with Gasteiger partial charge in [-0.3, -0.25) is 4.79 Å². The van der Waals surface area contributed by atoms with Gasteiger partial charge < -0.3 is 9.88 Å². The number of benzene rings is 1. The van der Waals surface area contributed by atoms with E-state index in [4.69, 9.17) is 0 Å². The van der Waals surface area contributed by atoms with Gasteiger partial charge in [0.15, 0.2) is 0 Å². The Morgan fingerprint density at radius 2 is 1.73 bits per heavy atom. The van der Waals surface area contributed by atoms with Gasteiger partial charge in [0.2, 0.25) is 5.91 Å². The SMILES string of the molecule is O=C(Cc1ccc2nc[nH]c2c1)N1CCN(S(=O)(=O)N2CCCC2)CC1. The number of aromatic amines is 1. The average molecular weight is 377 g/mol. The number of imidazole rings is 1. The second kappa shape index (κ2) is 6.98. The number of nitrogens with zero attached hydrogens (tertiary/aromatic N) is 4. The number of hydrogen-bond acceptors (Lipinski definition) is 4. The van der Waals surface area contributed by atoms with Gasteiger partial charge in [-0.1, -0.05) is 6.07 Å². The topological polar surface area (TPSA) is 89.6 Å². The second-order valence-electron chi connectivity index (χ2n) is 6.82. The minimum absolute atomic E-state index is 0.0297. The molecule has 1 aromatic carbocycles. The molecule has 0 radical (unpaired) electrons. The van der Waals surface area contributed by atoms with Crippen molar-refractivity contribution in [3.8, 4) is 0 Å². The van der Waals surface area contributed by atoms with Crippen molar-refractivity contribution in [1.82, 2.24) is 23.5 Å². The number of rotatable bonds is 4. The number of nitrogens with one attached hydrogen (secondary N) is 1. The van der Waals surface area contributed by atoms with Crippen molar-refractivity contribution in [3.63, 3.8) is 0 Å². The van der Waals surface area contributed by atoms with E-state index in [0.717, 1.165) is 29.4 Å². The van der Waals surface area contributed by atoms with Crippen molar-refractivity contribution in [3.05, 3.63) is 30.1 Å². The fourth-order valence-corrected chi connectivity index (χ4v) is 5.30. The molecule has 26 heavy (non-hydrogen) atoms. The molecule has 0 aliphatic carbocycles. The van der Waals surface area contributed by atoms with E-state index in [-0.39, 0.29) is 5.91 Å². The van der Waals surface area contributed by atoms with Crippen LogP contribution in [0.25, 0.3) is 11.0 Å². The first-order valence-electron chi connectivity index (χ1n) is 8.99. The van der Waals surface area contributed by atoms with Crippen LogP contribution in [0.15, 0.2) is 24.5 Å². The molecule has 2 fully saturated rings. The van der Waals surface area contributed by atoms with Crippen LogP contribution in [-0.4, -0.2) is 77.1 Å². The van der Waals surface area contributed by atoms with Crippen LogP contribution >= 0.6 is 0 Å². The molecule has 0 spiro atoms. The number of fused-ring (bicyclic) bond motifs is 1. The zero-order valence-electron chi connectivity index (χ0n) is 14.6. The molecule has 140 valence electrons. The van der Waals surface area contributed by atoms with Gasteiger partial charge in [0.25, 0.3) is 10.2 Å². The van der Waals surface area contributed by atoms with E-state index in [0.29, 0.717) is 45.7 Å². The molecule has 2 aliphatic heterocycles. The summed E-state index contributed by atoms with van der Waals surface area (Å²) in [4.78, 5) is 21.6. The molecule has 4 rings (SSSR count). The van der Waals surface area contributed by atoms with E-state index in [1.807, 2.05) is 18.2 Å². The van der Waals surface area contributed by atoms with Gasteiger partial charge in [-0.2, -0.15) is 17.0 Å². The summed E-state index contributed by atoms with van der Waals surface area (Å²) in [6, 6.07) is 5.75. The second-order valence-corrected chi connectivity index (χ2v) is 8.75. The molecule has 1 aromatic heterocycles. The van der Waals surface area contributed by atoms with Crippen molar-refractivity contribution >= 4 is 27.1 Å². The zero-order valence-corrected chi connectivity index (χ0v) is 15.4. The Kier molecular flexibility index (Phi) is 4.68. The van der Waals surface area contributed by atoms with Crippen LogP contribution in [0.1, 0.15) is 18.4 Å². The smallest absolute Gasteiger partial charge is 0.282 e. The van der Waals surface area contributed by atoms with Crippen LogP contribution in [0.3, 0.4) is 0 Å². The lowest BCUT2D eigenvalue weighted by Crippen LogP contribution is -2.54. The molecule has 1 N–H and O–H groups in total. The highest BCUT2D eigenvalue weighted by atomic mass is 32.2. The molecule has 2 saturated heterocycles. The molecule has 3 heterocycles. The maximum Gasteiger partial charge on any atom is 0.282 e. The van der Waals surface area contributed by atoms with E-state index in [2.05, 4.69) is 9.97 Å². The van der Waals surface area contributed by atoms with Crippen LogP contribution in [0, 0.1) is 0 Å². The standard InChI is InChI=1S/C17H23N5O3S/c23-17(12-14-3-4-15-16(11-14)19-13-18-15)20-7-9-22(10-8-20)26(24,25)21-5-1-2-6-21/h3-4,11,13H,1-2,5-10,12H2,(H,18,19). The van der Waals surface area contributed by atoms with E-state index in [1.165, 1.54) is 4.31 Å². The average Bonchev–Trinajstić information content (AvgIpc) is 3.33. The summed E-state index contributed by atoms with van der Waals surface area (Å²) < 4.78 is 28.3. The Hall–Kier alpha value is -1.97. The minimum Gasteiger partial charge on any atom is -0.345 e. The van der Waals surface area contributed by atoms with Gasteiger partial charge in [-0.05, 0) is 30.5 Å². The fraction of sp³-hybridized carbons (Fsp3) is 0.529. The highest BCUT2D eigenvalue weighted by molar-refractivity contribution is 7.86. The van der Waals surface area contributed by atoms with Crippen molar-refractivity contribution in [2.24, 2.45) is 0 Å². The van der Waals surface area contributed by atoms with E-state index >= 15 is 0 Å². The molecular formula is C17H23N5O3S. The number of piperazine rings is 1. The largest absolute Gasteiger partial charge is 0.345 e. The number of carbonyl (C=O) groups excluding carboxylic acids is 1. The Bertz CT molecular complexity index is 896. The number of hydrogen-bond donors (Lipinski definition) is 1. The summed E-state index contributed by atoms with van der Waals surface area (Å²) in [6.07, 6.45) is 3.81. The quantitative estimate of drug-likeness (QED) is 0.844. The minimum atomic E-state index is -3.37. The van der Waals surface area contributed by atoms with Crippen LogP contribution in [-0.2, 0) is 21.4 Å². The molecule has 0 saturated carbocycles. The Morgan fingerprint density at radius 3 is 2.46 bits per heavy atom. The lowest BCUT2D eigenvalue weighted by Gasteiger charge is -2.35. The molecule has 9 heteroatoms. The number of H-pyrrole nitrogens is 1. The van der Waals surface area contributed by atoms with Crippen LogP contribution in [0.5, 0.6) is 0 Å². The lowest BCUT2D eigenvalue weighted by molar-refractivity contribution is -0.131. The lowest BCUT2D eigenvalue weighted by atomic mass is 10.1. The highest BCUT2D eigenvalue weighted by Gasteiger charge is 2.34. The van der Waals surface area contributed by atoms with Gasteiger partial charge in [0.1, 0.15) is 0 Å². The molecule has 0 bridgehead atoms. The number of aromatic nitrogens is 2. The first-order chi connectivity index (χ1) is 12.5. The predicted octanol–water partition coefficient (Wildman–Crippen LogP) is 0.590. The van der Waals surface area contributed by atoms with Crippen molar-refractivity contribution < 1.29 is 13.2 Å². The molecule has 1 amide bonds. The van der Waals surface area contributed by atoms with Crippen molar-refractivity contribution in [2.75, 3.05) is 39.3 Å². The third-order valence-electron chi connectivity index (χ3n) is 5.15.